The average molecular weight is 339 g/mol. The summed E-state index contributed by atoms with van der Waals surface area (Å²) in [7, 11) is 0. The van der Waals surface area contributed by atoms with Crippen LogP contribution in [-0.4, -0.2) is 16.0 Å². The van der Waals surface area contributed by atoms with E-state index in [1.807, 2.05) is 31.2 Å². The zero-order valence-electron chi connectivity index (χ0n) is 12.7. The van der Waals surface area contributed by atoms with E-state index < -0.39 is 4.92 Å². The van der Waals surface area contributed by atoms with Crippen molar-refractivity contribution < 1.29 is 9.72 Å². The molecule has 0 aromatic heterocycles. The van der Waals surface area contributed by atoms with Gasteiger partial charge in [0.05, 0.1) is 15.5 Å². The van der Waals surface area contributed by atoms with Crippen molar-refractivity contribution in [2.75, 3.05) is 0 Å². The minimum Gasteiger partial charge on any atom is -0.300 e. The zero-order valence-corrected chi connectivity index (χ0v) is 13.5. The van der Waals surface area contributed by atoms with Gasteiger partial charge in [0.15, 0.2) is 5.17 Å². The molecule has 0 spiro atoms. The maximum Gasteiger partial charge on any atom is 0.269 e. The summed E-state index contributed by atoms with van der Waals surface area (Å²) in [5.41, 5.74) is 2.64. The Morgan fingerprint density at radius 1 is 1.12 bits per heavy atom. The molecule has 2 aromatic rings. The Morgan fingerprint density at radius 2 is 1.79 bits per heavy atom. The SMILES string of the molecule is Cc1ccc(N=C2NC(=O)C(=Cc3ccc([N+](=O)[O-])cc3)S2)cc1. The number of nitro groups is 1. The van der Waals surface area contributed by atoms with E-state index in [1.165, 1.54) is 23.9 Å². The van der Waals surface area contributed by atoms with Crippen LogP contribution in [-0.2, 0) is 4.79 Å². The molecular formula is C17H13N3O3S. The van der Waals surface area contributed by atoms with Crippen molar-refractivity contribution in [2.24, 2.45) is 4.99 Å². The Kier molecular flexibility index (Phi) is 4.43. The minimum absolute atomic E-state index is 0.0160. The first-order valence-electron chi connectivity index (χ1n) is 7.12. The van der Waals surface area contributed by atoms with Gasteiger partial charge in [-0.15, -0.1) is 0 Å². The first-order chi connectivity index (χ1) is 11.5. The Balaban J connectivity index is 1.79. The first kappa shape index (κ1) is 15.9. The van der Waals surface area contributed by atoms with Gasteiger partial charge in [0.1, 0.15) is 0 Å². The standard InChI is InChI=1S/C17H13N3O3S/c1-11-2-6-13(7-3-11)18-17-19-16(21)15(24-17)10-12-4-8-14(9-5-12)20(22)23/h2-10H,1H3,(H,18,19,21). The summed E-state index contributed by atoms with van der Waals surface area (Å²) < 4.78 is 0. The van der Waals surface area contributed by atoms with Crippen LogP contribution in [0.25, 0.3) is 6.08 Å². The maximum atomic E-state index is 12.0. The molecule has 0 atom stereocenters. The van der Waals surface area contributed by atoms with Crippen LogP contribution < -0.4 is 5.32 Å². The molecule has 6 nitrogen and oxygen atoms in total. The molecule has 120 valence electrons. The van der Waals surface area contributed by atoms with E-state index in [4.69, 9.17) is 0 Å². The molecule has 1 saturated heterocycles. The molecule has 1 heterocycles. The summed E-state index contributed by atoms with van der Waals surface area (Å²) in [6.07, 6.45) is 1.68. The number of amidine groups is 1. The largest absolute Gasteiger partial charge is 0.300 e. The van der Waals surface area contributed by atoms with Gasteiger partial charge in [0.2, 0.25) is 0 Å². The lowest BCUT2D eigenvalue weighted by Crippen LogP contribution is -2.19. The van der Waals surface area contributed by atoms with E-state index in [9.17, 15) is 14.9 Å². The number of carbonyl (C=O) groups excluding carboxylic acids is 1. The van der Waals surface area contributed by atoms with E-state index in [0.29, 0.717) is 10.1 Å². The van der Waals surface area contributed by atoms with E-state index in [-0.39, 0.29) is 11.6 Å². The number of hydrogen-bond donors (Lipinski definition) is 1. The third kappa shape index (κ3) is 3.69. The monoisotopic (exact) mass is 339 g/mol. The predicted octanol–water partition coefficient (Wildman–Crippen LogP) is 3.79. The number of carbonyl (C=O) groups is 1. The molecule has 1 aliphatic rings. The fraction of sp³-hybridized carbons (Fsp3) is 0.0588. The molecule has 0 saturated carbocycles. The van der Waals surface area contributed by atoms with Crippen molar-refractivity contribution in [3.63, 3.8) is 0 Å². The Morgan fingerprint density at radius 3 is 2.42 bits per heavy atom. The molecule has 1 amide bonds. The molecule has 2 aromatic carbocycles. The van der Waals surface area contributed by atoms with Crippen molar-refractivity contribution in [3.8, 4) is 0 Å². The predicted molar refractivity (Wildman–Crippen MR) is 95.1 cm³/mol. The summed E-state index contributed by atoms with van der Waals surface area (Å²) in [5, 5.41) is 13.9. The Labute approximate surface area is 142 Å². The smallest absolute Gasteiger partial charge is 0.269 e. The van der Waals surface area contributed by atoms with Crippen LogP contribution in [0.3, 0.4) is 0 Å². The number of nitro benzene ring substituents is 1. The van der Waals surface area contributed by atoms with E-state index >= 15 is 0 Å². The number of benzene rings is 2. The van der Waals surface area contributed by atoms with Crippen LogP contribution in [0.2, 0.25) is 0 Å². The number of aryl methyl sites for hydroxylation is 1. The zero-order chi connectivity index (χ0) is 17.1. The summed E-state index contributed by atoms with van der Waals surface area (Å²) in [5.74, 6) is -0.232. The summed E-state index contributed by atoms with van der Waals surface area (Å²) in [6, 6.07) is 13.7. The van der Waals surface area contributed by atoms with Crippen molar-refractivity contribution in [1.29, 1.82) is 0 Å². The number of amides is 1. The number of aliphatic imine (C=N–C) groups is 1. The maximum absolute atomic E-state index is 12.0. The molecule has 7 heteroatoms. The van der Waals surface area contributed by atoms with Gasteiger partial charge in [-0.25, -0.2) is 4.99 Å². The highest BCUT2D eigenvalue weighted by atomic mass is 32.2. The second kappa shape index (κ2) is 6.67. The topological polar surface area (TPSA) is 84.6 Å². The molecule has 3 rings (SSSR count). The summed E-state index contributed by atoms with van der Waals surface area (Å²) >= 11 is 1.24. The van der Waals surface area contributed by atoms with Gasteiger partial charge in [-0.1, -0.05) is 17.7 Å². The average Bonchev–Trinajstić information content (AvgIpc) is 2.89. The molecular weight excluding hydrogens is 326 g/mol. The van der Waals surface area contributed by atoms with Crippen molar-refractivity contribution in [2.45, 2.75) is 6.92 Å². The fourth-order valence-electron chi connectivity index (χ4n) is 2.06. The van der Waals surface area contributed by atoms with Gasteiger partial charge in [-0.05, 0) is 54.6 Å². The molecule has 1 fully saturated rings. The van der Waals surface area contributed by atoms with Gasteiger partial charge in [0.25, 0.3) is 11.6 Å². The van der Waals surface area contributed by atoms with Gasteiger partial charge in [-0.2, -0.15) is 0 Å². The number of nitrogens with one attached hydrogen (secondary N) is 1. The lowest BCUT2D eigenvalue weighted by molar-refractivity contribution is -0.384. The fourth-order valence-corrected chi connectivity index (χ4v) is 2.90. The number of rotatable bonds is 3. The Bertz CT molecular complexity index is 856. The summed E-state index contributed by atoms with van der Waals surface area (Å²) in [4.78, 5) is 27.1. The summed E-state index contributed by atoms with van der Waals surface area (Å²) in [6.45, 7) is 1.99. The van der Waals surface area contributed by atoms with Crippen molar-refractivity contribution in [1.82, 2.24) is 5.32 Å². The van der Waals surface area contributed by atoms with E-state index in [0.717, 1.165) is 16.8 Å². The second-order valence-corrected chi connectivity index (χ2v) is 6.20. The highest BCUT2D eigenvalue weighted by Gasteiger charge is 2.23. The number of thioether (sulfide) groups is 1. The molecule has 0 unspecified atom stereocenters. The molecule has 0 bridgehead atoms. The van der Waals surface area contributed by atoms with Gasteiger partial charge < -0.3 is 5.32 Å². The first-order valence-corrected chi connectivity index (χ1v) is 7.93. The Hall–Kier alpha value is -2.93. The molecule has 24 heavy (non-hydrogen) atoms. The van der Waals surface area contributed by atoms with Crippen molar-refractivity contribution in [3.05, 3.63) is 74.7 Å². The van der Waals surface area contributed by atoms with Gasteiger partial charge >= 0.3 is 0 Å². The van der Waals surface area contributed by atoms with Crippen LogP contribution in [0, 0.1) is 17.0 Å². The van der Waals surface area contributed by atoms with Crippen LogP contribution in [0.1, 0.15) is 11.1 Å². The van der Waals surface area contributed by atoms with Crippen LogP contribution in [0.5, 0.6) is 0 Å². The lowest BCUT2D eigenvalue weighted by atomic mass is 10.2. The number of nitrogens with zero attached hydrogens (tertiary/aromatic N) is 2. The van der Waals surface area contributed by atoms with E-state index in [1.54, 1.807) is 18.2 Å². The molecule has 0 aliphatic carbocycles. The van der Waals surface area contributed by atoms with Gasteiger partial charge in [-0.3, -0.25) is 14.9 Å². The van der Waals surface area contributed by atoms with Crippen LogP contribution in [0.4, 0.5) is 11.4 Å². The molecule has 1 aliphatic heterocycles. The molecule has 0 radical (unpaired) electrons. The van der Waals surface area contributed by atoms with Crippen molar-refractivity contribution >= 4 is 40.3 Å². The highest BCUT2D eigenvalue weighted by Crippen LogP contribution is 2.28. The minimum atomic E-state index is -0.458. The quantitative estimate of drug-likeness (QED) is 0.524. The third-order valence-corrected chi connectivity index (χ3v) is 4.23. The van der Waals surface area contributed by atoms with Gasteiger partial charge in [0, 0.05) is 12.1 Å². The normalized spacial score (nSPS) is 17.3. The number of non-ortho nitro benzene ring substituents is 1. The van der Waals surface area contributed by atoms with Crippen LogP contribution in [0.15, 0.2) is 58.4 Å². The highest BCUT2D eigenvalue weighted by molar-refractivity contribution is 8.18. The lowest BCUT2D eigenvalue weighted by Gasteiger charge is -1.97. The second-order valence-electron chi connectivity index (χ2n) is 5.17. The molecule has 1 N–H and O–H groups in total. The van der Waals surface area contributed by atoms with E-state index in [2.05, 4.69) is 10.3 Å². The van der Waals surface area contributed by atoms with Crippen LogP contribution >= 0.6 is 11.8 Å². The number of hydrogen-bond acceptors (Lipinski definition) is 5. The third-order valence-electron chi connectivity index (χ3n) is 3.32.